The van der Waals surface area contributed by atoms with Crippen LogP contribution in [0.5, 0.6) is 23.0 Å². The third kappa shape index (κ3) is 3.72. The minimum Gasteiger partial charge on any atom is -0.493 e. The van der Waals surface area contributed by atoms with E-state index < -0.39 is 0 Å². The summed E-state index contributed by atoms with van der Waals surface area (Å²) in [7, 11) is 3.26. The second-order valence-electron chi connectivity index (χ2n) is 7.47. The lowest BCUT2D eigenvalue weighted by atomic mass is 9.98. The van der Waals surface area contributed by atoms with Crippen LogP contribution in [0.15, 0.2) is 66.9 Å². The number of methoxy groups -OCH3 is 2. The molecule has 6 nitrogen and oxygen atoms in total. The van der Waals surface area contributed by atoms with Gasteiger partial charge in [-0.2, -0.15) is 10.2 Å². The molecule has 31 heavy (non-hydrogen) atoms. The minimum atomic E-state index is 0.646. The molecule has 6 heteroatoms. The van der Waals surface area contributed by atoms with Crippen molar-refractivity contribution < 1.29 is 14.2 Å². The Morgan fingerprint density at radius 1 is 0.839 bits per heavy atom. The molecule has 0 saturated carbocycles. The first kappa shape index (κ1) is 19.2. The molecule has 0 N–H and O–H groups in total. The Morgan fingerprint density at radius 2 is 1.65 bits per heavy atom. The standard InChI is InChI=1S/C25H23N3O3/c1-29-24-13-21-22(14-25(24)30-2)27-26-15-23(21)28-11-10-17-8-9-20(12-18(17)16-28)31-19-6-4-3-5-7-19/h3-9,12-15H,10-11,16H2,1-2H3. The molecule has 0 spiro atoms. The fraction of sp³-hybridized carbons (Fsp3) is 0.200. The lowest BCUT2D eigenvalue weighted by Crippen LogP contribution is -2.30. The van der Waals surface area contributed by atoms with Gasteiger partial charge in [-0.25, -0.2) is 0 Å². The molecule has 5 rings (SSSR count). The second-order valence-corrected chi connectivity index (χ2v) is 7.47. The van der Waals surface area contributed by atoms with E-state index in [2.05, 4.69) is 27.2 Å². The number of fused-ring (bicyclic) bond motifs is 2. The van der Waals surface area contributed by atoms with E-state index in [-0.39, 0.29) is 0 Å². The summed E-state index contributed by atoms with van der Waals surface area (Å²) >= 11 is 0. The number of anilines is 1. The monoisotopic (exact) mass is 413 g/mol. The van der Waals surface area contributed by atoms with Crippen LogP contribution < -0.4 is 19.1 Å². The molecule has 3 aromatic carbocycles. The van der Waals surface area contributed by atoms with E-state index in [1.54, 1.807) is 14.2 Å². The Balaban J connectivity index is 1.47. The van der Waals surface area contributed by atoms with Crippen molar-refractivity contribution in [2.75, 3.05) is 25.7 Å². The van der Waals surface area contributed by atoms with Crippen LogP contribution in [0, 0.1) is 0 Å². The maximum Gasteiger partial charge on any atom is 0.162 e. The summed E-state index contributed by atoms with van der Waals surface area (Å²) < 4.78 is 17.0. The van der Waals surface area contributed by atoms with Crippen molar-refractivity contribution in [3.63, 3.8) is 0 Å². The average molecular weight is 413 g/mol. The van der Waals surface area contributed by atoms with Crippen LogP contribution in [0.4, 0.5) is 5.69 Å². The fourth-order valence-corrected chi connectivity index (χ4v) is 4.05. The number of nitrogens with zero attached hydrogens (tertiary/aromatic N) is 3. The minimum absolute atomic E-state index is 0.646. The Morgan fingerprint density at radius 3 is 2.45 bits per heavy atom. The van der Waals surface area contributed by atoms with Crippen LogP contribution in [0.2, 0.25) is 0 Å². The van der Waals surface area contributed by atoms with Gasteiger partial charge in [0.1, 0.15) is 11.5 Å². The normalized spacial score (nSPS) is 13.0. The van der Waals surface area contributed by atoms with Crippen molar-refractivity contribution in [2.24, 2.45) is 0 Å². The molecule has 2 heterocycles. The highest BCUT2D eigenvalue weighted by Crippen LogP contribution is 2.37. The molecule has 4 aromatic rings. The molecule has 0 unspecified atom stereocenters. The van der Waals surface area contributed by atoms with Gasteiger partial charge in [0, 0.05) is 24.5 Å². The van der Waals surface area contributed by atoms with E-state index in [0.717, 1.165) is 47.6 Å². The van der Waals surface area contributed by atoms with E-state index in [4.69, 9.17) is 14.2 Å². The van der Waals surface area contributed by atoms with Gasteiger partial charge in [-0.15, -0.1) is 0 Å². The molecule has 0 fully saturated rings. The zero-order valence-electron chi connectivity index (χ0n) is 17.5. The number of para-hydroxylation sites is 1. The van der Waals surface area contributed by atoms with Crippen molar-refractivity contribution in [3.8, 4) is 23.0 Å². The molecular weight excluding hydrogens is 390 g/mol. The smallest absolute Gasteiger partial charge is 0.162 e. The number of rotatable bonds is 5. The third-order valence-electron chi connectivity index (χ3n) is 5.63. The van der Waals surface area contributed by atoms with Crippen LogP contribution in [0.3, 0.4) is 0 Å². The van der Waals surface area contributed by atoms with Gasteiger partial charge in [-0.05, 0) is 47.9 Å². The van der Waals surface area contributed by atoms with Crippen molar-refractivity contribution in [1.29, 1.82) is 0 Å². The topological polar surface area (TPSA) is 56.7 Å². The van der Waals surface area contributed by atoms with E-state index >= 15 is 0 Å². The first-order valence-electron chi connectivity index (χ1n) is 10.2. The fourth-order valence-electron chi connectivity index (χ4n) is 4.05. The molecule has 0 radical (unpaired) electrons. The lowest BCUT2D eigenvalue weighted by molar-refractivity contribution is 0.355. The number of benzene rings is 3. The molecule has 1 aliphatic rings. The number of ether oxygens (including phenoxy) is 3. The first-order chi connectivity index (χ1) is 15.2. The summed E-state index contributed by atoms with van der Waals surface area (Å²) in [6.07, 6.45) is 2.78. The van der Waals surface area contributed by atoms with Gasteiger partial charge in [0.15, 0.2) is 11.5 Å². The molecule has 1 aliphatic heterocycles. The van der Waals surface area contributed by atoms with E-state index in [1.807, 2.05) is 54.7 Å². The first-order valence-corrected chi connectivity index (χ1v) is 10.2. The average Bonchev–Trinajstić information content (AvgIpc) is 2.83. The van der Waals surface area contributed by atoms with Crippen LogP contribution in [0.1, 0.15) is 11.1 Å². The van der Waals surface area contributed by atoms with Gasteiger partial charge >= 0.3 is 0 Å². The van der Waals surface area contributed by atoms with Gasteiger partial charge in [-0.3, -0.25) is 0 Å². The van der Waals surface area contributed by atoms with Crippen LogP contribution >= 0.6 is 0 Å². The van der Waals surface area contributed by atoms with Gasteiger partial charge in [0.2, 0.25) is 0 Å². The molecule has 1 aromatic heterocycles. The summed E-state index contributed by atoms with van der Waals surface area (Å²) in [5.74, 6) is 3.00. The highest BCUT2D eigenvalue weighted by Gasteiger charge is 2.21. The van der Waals surface area contributed by atoms with Crippen molar-refractivity contribution in [3.05, 3.63) is 78.0 Å². The zero-order chi connectivity index (χ0) is 21.2. The quantitative estimate of drug-likeness (QED) is 0.459. The highest BCUT2D eigenvalue weighted by molar-refractivity contribution is 5.93. The molecule has 0 saturated heterocycles. The van der Waals surface area contributed by atoms with Crippen LogP contribution in [0.25, 0.3) is 10.9 Å². The van der Waals surface area contributed by atoms with Crippen LogP contribution in [-0.4, -0.2) is 31.0 Å². The summed E-state index contributed by atoms with van der Waals surface area (Å²) in [6, 6.07) is 20.0. The Hall–Kier alpha value is -3.80. The largest absolute Gasteiger partial charge is 0.493 e. The number of aromatic nitrogens is 2. The van der Waals surface area contributed by atoms with Crippen LogP contribution in [-0.2, 0) is 13.0 Å². The van der Waals surface area contributed by atoms with E-state index in [0.29, 0.717) is 11.5 Å². The molecule has 0 aliphatic carbocycles. The summed E-state index contributed by atoms with van der Waals surface area (Å²) in [4.78, 5) is 2.33. The molecule has 0 atom stereocenters. The summed E-state index contributed by atoms with van der Waals surface area (Å²) in [5, 5.41) is 9.52. The predicted molar refractivity (Wildman–Crippen MR) is 120 cm³/mol. The number of hydrogen-bond acceptors (Lipinski definition) is 6. The number of hydrogen-bond donors (Lipinski definition) is 0. The van der Waals surface area contributed by atoms with Gasteiger partial charge in [-0.1, -0.05) is 24.3 Å². The Bertz CT molecular complexity index is 1230. The van der Waals surface area contributed by atoms with Gasteiger partial charge in [0.25, 0.3) is 0 Å². The van der Waals surface area contributed by atoms with E-state index in [9.17, 15) is 0 Å². The maximum absolute atomic E-state index is 6.04. The molecule has 156 valence electrons. The summed E-state index contributed by atoms with van der Waals surface area (Å²) in [5.41, 5.74) is 4.42. The SMILES string of the molecule is COc1cc2nncc(N3CCc4ccc(Oc5ccccc5)cc4C3)c2cc1OC. The van der Waals surface area contributed by atoms with Crippen molar-refractivity contribution in [1.82, 2.24) is 10.2 Å². The Labute approximate surface area is 181 Å². The lowest BCUT2D eigenvalue weighted by Gasteiger charge is -2.31. The van der Waals surface area contributed by atoms with Crippen molar-refractivity contribution in [2.45, 2.75) is 13.0 Å². The molecule has 0 bridgehead atoms. The second kappa shape index (κ2) is 8.14. The summed E-state index contributed by atoms with van der Waals surface area (Å²) in [6.45, 7) is 1.68. The molecule has 0 amide bonds. The predicted octanol–water partition coefficient (Wildman–Crippen LogP) is 5.00. The van der Waals surface area contributed by atoms with E-state index in [1.165, 1.54) is 11.1 Å². The van der Waals surface area contributed by atoms with Gasteiger partial charge < -0.3 is 19.1 Å². The third-order valence-corrected chi connectivity index (χ3v) is 5.63. The highest BCUT2D eigenvalue weighted by atomic mass is 16.5. The van der Waals surface area contributed by atoms with Crippen molar-refractivity contribution >= 4 is 16.6 Å². The Kier molecular flexibility index (Phi) is 5.04. The van der Waals surface area contributed by atoms with Gasteiger partial charge in [0.05, 0.1) is 31.6 Å². The maximum atomic E-state index is 6.04. The molecular formula is C25H23N3O3. The zero-order valence-corrected chi connectivity index (χ0v) is 17.5.